The molecule has 0 atom stereocenters. The molecule has 0 spiro atoms. The van der Waals surface area contributed by atoms with E-state index in [1.165, 1.54) is 0 Å². The molecular weight excluding hydrogens is 215 g/mol. The highest BCUT2D eigenvalue weighted by atomic mass is 35.5. The van der Waals surface area contributed by atoms with Gasteiger partial charge in [0.25, 0.3) is 0 Å². The van der Waals surface area contributed by atoms with Gasteiger partial charge in [-0.15, -0.1) is 3.89 Å². The number of rotatable bonds is 2. The second-order valence-corrected chi connectivity index (χ2v) is 3.99. The highest BCUT2D eigenvalue weighted by Gasteiger charge is 1.98. The van der Waals surface area contributed by atoms with Crippen molar-refractivity contribution in [1.82, 2.24) is 0 Å². The molecule has 0 amide bonds. The van der Waals surface area contributed by atoms with Crippen molar-refractivity contribution in [3.8, 4) is 0 Å². The second kappa shape index (κ2) is 3.89. The van der Waals surface area contributed by atoms with Crippen molar-refractivity contribution >= 4 is 27.9 Å². The van der Waals surface area contributed by atoms with Crippen molar-refractivity contribution in [2.24, 2.45) is 0 Å². The fourth-order valence-electron chi connectivity index (χ4n) is 0.734. The third-order valence-electron chi connectivity index (χ3n) is 1.29. The van der Waals surface area contributed by atoms with Crippen LogP contribution in [0.3, 0.4) is 0 Å². The zero-order valence-corrected chi connectivity index (χ0v) is 8.02. The molecule has 0 aliphatic heterocycles. The zero-order chi connectivity index (χ0) is 9.90. The minimum absolute atomic E-state index is 0.496. The minimum atomic E-state index is -4.55. The standard InChI is InChI=1S/C8H6ClFO2S/c9-8-3-1-7(2-4-8)5-6-13(10,11)12/h1-6H/b6-5-. The largest absolute Gasteiger partial charge is 0.325 e. The summed E-state index contributed by atoms with van der Waals surface area (Å²) in [5, 5.41) is 1.04. The molecule has 1 aromatic rings. The molecule has 0 heterocycles. The molecule has 13 heavy (non-hydrogen) atoms. The van der Waals surface area contributed by atoms with Gasteiger partial charge in [-0.2, -0.15) is 8.42 Å². The zero-order valence-electron chi connectivity index (χ0n) is 6.44. The third-order valence-corrected chi connectivity index (χ3v) is 2.01. The fraction of sp³-hybridized carbons (Fsp3) is 0. The first-order chi connectivity index (χ1) is 5.97. The normalized spacial score (nSPS) is 12.2. The summed E-state index contributed by atoms with van der Waals surface area (Å²) in [4.78, 5) is 0. The molecule has 0 saturated carbocycles. The van der Waals surface area contributed by atoms with E-state index in [0.29, 0.717) is 16.0 Å². The SMILES string of the molecule is O=S(=O)(F)/C=C\c1ccc(Cl)cc1. The van der Waals surface area contributed by atoms with Gasteiger partial charge in [0.05, 0.1) is 5.41 Å². The minimum Gasteiger partial charge on any atom is -0.190 e. The van der Waals surface area contributed by atoms with Crippen LogP contribution in [-0.4, -0.2) is 8.42 Å². The Morgan fingerprint density at radius 2 is 1.77 bits per heavy atom. The Hall–Kier alpha value is -0.870. The third kappa shape index (κ3) is 4.05. The van der Waals surface area contributed by atoms with Crippen molar-refractivity contribution < 1.29 is 12.3 Å². The van der Waals surface area contributed by atoms with E-state index < -0.39 is 10.2 Å². The average molecular weight is 221 g/mol. The summed E-state index contributed by atoms with van der Waals surface area (Å²) in [6, 6.07) is 6.35. The first kappa shape index (κ1) is 10.2. The maximum absolute atomic E-state index is 12.0. The highest BCUT2D eigenvalue weighted by Crippen LogP contribution is 2.11. The summed E-state index contributed by atoms with van der Waals surface area (Å²) in [5.74, 6) is 0. The maximum atomic E-state index is 12.0. The van der Waals surface area contributed by atoms with E-state index in [1.54, 1.807) is 24.3 Å². The number of halogens is 2. The Morgan fingerprint density at radius 1 is 1.23 bits per heavy atom. The summed E-state index contributed by atoms with van der Waals surface area (Å²) in [5.41, 5.74) is 0.575. The van der Waals surface area contributed by atoms with E-state index in [4.69, 9.17) is 11.6 Å². The lowest BCUT2D eigenvalue weighted by atomic mass is 10.2. The quantitative estimate of drug-likeness (QED) is 0.718. The molecule has 0 aromatic heterocycles. The van der Waals surface area contributed by atoms with Crippen LogP contribution in [0.2, 0.25) is 5.02 Å². The van der Waals surface area contributed by atoms with Gasteiger partial charge in [0.2, 0.25) is 0 Å². The summed E-state index contributed by atoms with van der Waals surface area (Å²) in [7, 11) is -4.55. The molecule has 0 aliphatic carbocycles. The summed E-state index contributed by atoms with van der Waals surface area (Å²) < 4.78 is 32.2. The van der Waals surface area contributed by atoms with Crippen LogP contribution < -0.4 is 0 Å². The molecule has 0 aliphatic rings. The van der Waals surface area contributed by atoms with E-state index in [1.807, 2.05) is 0 Å². The molecule has 0 bridgehead atoms. The molecule has 0 N–H and O–H groups in total. The van der Waals surface area contributed by atoms with Gasteiger partial charge in [0.1, 0.15) is 0 Å². The van der Waals surface area contributed by atoms with Crippen LogP contribution in [0.15, 0.2) is 29.7 Å². The predicted octanol–water partition coefficient (Wildman–Crippen LogP) is 2.61. The van der Waals surface area contributed by atoms with Gasteiger partial charge < -0.3 is 0 Å². The Labute approximate surface area is 80.9 Å². The van der Waals surface area contributed by atoms with Crippen LogP contribution in [0.5, 0.6) is 0 Å². The van der Waals surface area contributed by atoms with Gasteiger partial charge in [-0.05, 0) is 23.8 Å². The van der Waals surface area contributed by atoms with Crippen molar-refractivity contribution in [3.05, 3.63) is 40.3 Å². The van der Waals surface area contributed by atoms with Gasteiger partial charge in [-0.25, -0.2) is 0 Å². The first-order valence-corrected chi connectivity index (χ1v) is 5.18. The molecule has 70 valence electrons. The topological polar surface area (TPSA) is 34.1 Å². The highest BCUT2D eigenvalue weighted by molar-refractivity contribution is 7.89. The van der Waals surface area contributed by atoms with Crippen LogP contribution in [0.25, 0.3) is 6.08 Å². The lowest BCUT2D eigenvalue weighted by Gasteiger charge is -1.91. The van der Waals surface area contributed by atoms with Gasteiger partial charge in [-0.3, -0.25) is 0 Å². The second-order valence-electron chi connectivity index (χ2n) is 2.33. The van der Waals surface area contributed by atoms with Crippen LogP contribution >= 0.6 is 11.6 Å². The maximum Gasteiger partial charge on any atom is 0.325 e. The Kier molecular flexibility index (Phi) is 3.06. The van der Waals surface area contributed by atoms with E-state index in [9.17, 15) is 12.3 Å². The van der Waals surface area contributed by atoms with Gasteiger partial charge >= 0.3 is 10.2 Å². The van der Waals surface area contributed by atoms with E-state index >= 15 is 0 Å². The van der Waals surface area contributed by atoms with E-state index in [2.05, 4.69) is 0 Å². The smallest absolute Gasteiger partial charge is 0.190 e. The predicted molar refractivity (Wildman–Crippen MR) is 50.5 cm³/mol. The lowest BCUT2D eigenvalue weighted by Crippen LogP contribution is -1.80. The van der Waals surface area contributed by atoms with Gasteiger partial charge in [-0.1, -0.05) is 23.7 Å². The number of benzene rings is 1. The average Bonchev–Trinajstić information content (AvgIpc) is 2.02. The number of hydrogen-bond acceptors (Lipinski definition) is 2. The van der Waals surface area contributed by atoms with Crippen molar-refractivity contribution in [2.45, 2.75) is 0 Å². The van der Waals surface area contributed by atoms with Crippen molar-refractivity contribution in [1.29, 1.82) is 0 Å². The molecule has 0 saturated heterocycles. The molecular formula is C8H6ClFO2S. The molecule has 1 aromatic carbocycles. The Morgan fingerprint density at radius 3 is 2.23 bits per heavy atom. The molecule has 5 heteroatoms. The van der Waals surface area contributed by atoms with E-state index in [0.717, 1.165) is 6.08 Å². The summed E-state index contributed by atoms with van der Waals surface area (Å²) in [6.07, 6.45) is 1.16. The molecule has 2 nitrogen and oxygen atoms in total. The summed E-state index contributed by atoms with van der Waals surface area (Å²) >= 11 is 5.59. The number of hydrogen-bond donors (Lipinski definition) is 0. The van der Waals surface area contributed by atoms with Crippen LogP contribution in [-0.2, 0) is 10.2 Å². The van der Waals surface area contributed by atoms with Crippen LogP contribution in [0, 0.1) is 0 Å². The van der Waals surface area contributed by atoms with E-state index in [-0.39, 0.29) is 0 Å². The van der Waals surface area contributed by atoms with Crippen LogP contribution in [0.1, 0.15) is 5.56 Å². The summed E-state index contributed by atoms with van der Waals surface area (Å²) in [6.45, 7) is 0. The Bertz CT molecular complexity index is 408. The lowest BCUT2D eigenvalue weighted by molar-refractivity contribution is 0.563. The molecule has 0 fully saturated rings. The Balaban J connectivity index is 2.88. The first-order valence-electron chi connectivity index (χ1n) is 3.36. The fourth-order valence-corrected chi connectivity index (χ4v) is 1.18. The van der Waals surface area contributed by atoms with Crippen molar-refractivity contribution in [2.75, 3.05) is 0 Å². The van der Waals surface area contributed by atoms with Crippen LogP contribution in [0.4, 0.5) is 3.89 Å². The van der Waals surface area contributed by atoms with Crippen molar-refractivity contribution in [3.63, 3.8) is 0 Å². The van der Waals surface area contributed by atoms with Gasteiger partial charge in [0.15, 0.2) is 0 Å². The molecule has 1 rings (SSSR count). The molecule has 0 unspecified atom stereocenters. The monoisotopic (exact) mass is 220 g/mol. The molecule has 0 radical (unpaired) electrons. The van der Waals surface area contributed by atoms with Gasteiger partial charge in [0, 0.05) is 5.02 Å².